The third kappa shape index (κ3) is 7.47. The molecule has 2 saturated heterocycles. The number of carbonyl (C=O) groups excluding carboxylic acids is 3. The van der Waals surface area contributed by atoms with Gasteiger partial charge in [0.05, 0.1) is 34.1 Å². The van der Waals surface area contributed by atoms with Gasteiger partial charge in [-0.05, 0) is 36.6 Å². The van der Waals surface area contributed by atoms with Crippen LogP contribution in [-0.4, -0.2) is 78.0 Å². The van der Waals surface area contributed by atoms with E-state index in [1.807, 2.05) is 24.3 Å². The molecule has 0 unspecified atom stereocenters. The molecule has 0 aliphatic carbocycles. The summed E-state index contributed by atoms with van der Waals surface area (Å²) in [6, 6.07) is 14.2. The second-order valence-corrected chi connectivity index (χ2v) is 14.0. The van der Waals surface area contributed by atoms with Crippen LogP contribution in [0.15, 0.2) is 54.7 Å². The Morgan fingerprint density at radius 2 is 1.62 bits per heavy atom. The summed E-state index contributed by atoms with van der Waals surface area (Å²) in [5.41, 5.74) is 5.15. The van der Waals surface area contributed by atoms with E-state index in [0.717, 1.165) is 24.0 Å². The molecule has 270 valence electrons. The van der Waals surface area contributed by atoms with Crippen molar-refractivity contribution in [3.8, 4) is 39.5 Å². The van der Waals surface area contributed by atoms with Crippen molar-refractivity contribution >= 4 is 40.9 Å². The molecule has 0 saturated carbocycles. The van der Waals surface area contributed by atoms with Crippen LogP contribution < -0.4 is 26.0 Å². The molecule has 0 radical (unpaired) electrons. The Morgan fingerprint density at radius 1 is 0.904 bits per heavy atom. The standard InChI is InChI=1S/C38H38Cl2FN7O4/c1-52-37-29(19-43-18-24-7-10-33(50)46-24)30(41)16-31(47-37)28-4-2-3-26(34(28)39)27-11-12-44-36(35(27)40)21-5-8-25-22(15-21)20-48(38(25)51)14-13-42-17-23-6-9-32(49)45-23/h2-5,8,11-12,15-16,23-24,42-43H,6-7,9-10,13-14,17-20H2,1H3,(H,45,49)(H,46,50)/t23-,24-/m0/s1. The summed E-state index contributed by atoms with van der Waals surface area (Å²) in [6.07, 6.45) is 4.26. The molecule has 4 aromatic rings. The van der Waals surface area contributed by atoms with Crippen molar-refractivity contribution in [3.63, 3.8) is 0 Å². The van der Waals surface area contributed by atoms with Gasteiger partial charge < -0.3 is 30.9 Å². The van der Waals surface area contributed by atoms with Crippen LogP contribution in [0.25, 0.3) is 33.6 Å². The summed E-state index contributed by atoms with van der Waals surface area (Å²) >= 11 is 14.1. The molecule has 3 aliphatic rings. The van der Waals surface area contributed by atoms with Gasteiger partial charge in [-0.2, -0.15) is 0 Å². The average Bonchev–Trinajstić information content (AvgIpc) is 3.84. The lowest BCUT2D eigenvalue weighted by Gasteiger charge is -2.17. The van der Waals surface area contributed by atoms with Crippen LogP contribution >= 0.6 is 23.2 Å². The number of fused-ring (bicyclic) bond motifs is 1. The molecule has 3 aliphatic heterocycles. The largest absolute Gasteiger partial charge is 0.481 e. The molecule has 0 bridgehead atoms. The lowest BCUT2D eigenvalue weighted by molar-refractivity contribution is -0.120. The van der Waals surface area contributed by atoms with Crippen LogP contribution in [-0.2, 0) is 22.7 Å². The smallest absolute Gasteiger partial charge is 0.254 e. The maximum absolute atomic E-state index is 15.6. The number of hydrogen-bond donors (Lipinski definition) is 4. The number of methoxy groups -OCH3 is 1. The maximum Gasteiger partial charge on any atom is 0.254 e. The van der Waals surface area contributed by atoms with Crippen molar-refractivity contribution in [2.45, 2.75) is 50.9 Å². The first kappa shape index (κ1) is 35.8. The quantitative estimate of drug-likeness (QED) is 0.139. The van der Waals surface area contributed by atoms with E-state index in [4.69, 9.17) is 27.9 Å². The minimum Gasteiger partial charge on any atom is -0.481 e. The molecule has 5 heterocycles. The molecule has 2 atom stereocenters. The fourth-order valence-electron chi connectivity index (χ4n) is 7.01. The number of nitrogens with zero attached hydrogens (tertiary/aromatic N) is 3. The maximum atomic E-state index is 15.6. The van der Waals surface area contributed by atoms with Crippen LogP contribution in [0, 0.1) is 5.82 Å². The van der Waals surface area contributed by atoms with E-state index in [9.17, 15) is 14.4 Å². The van der Waals surface area contributed by atoms with Crippen molar-refractivity contribution in [1.29, 1.82) is 0 Å². The number of nitrogens with one attached hydrogen (secondary N) is 4. The highest BCUT2D eigenvalue weighted by molar-refractivity contribution is 6.39. The zero-order valence-electron chi connectivity index (χ0n) is 28.5. The van der Waals surface area contributed by atoms with Gasteiger partial charge in [0.1, 0.15) is 5.82 Å². The second kappa shape index (κ2) is 15.5. The van der Waals surface area contributed by atoms with Gasteiger partial charge >= 0.3 is 0 Å². The molecule has 3 amide bonds. The number of hydrogen-bond acceptors (Lipinski definition) is 8. The summed E-state index contributed by atoms with van der Waals surface area (Å²) in [7, 11) is 1.44. The summed E-state index contributed by atoms with van der Waals surface area (Å²) in [4.78, 5) is 47.1. The number of pyridine rings is 2. The molecule has 2 aromatic heterocycles. The van der Waals surface area contributed by atoms with Crippen molar-refractivity contribution in [2.75, 3.05) is 33.3 Å². The Kier molecular flexibility index (Phi) is 10.7. The van der Waals surface area contributed by atoms with Gasteiger partial charge in [0.25, 0.3) is 5.91 Å². The lowest BCUT2D eigenvalue weighted by atomic mass is 9.98. The minimum absolute atomic E-state index is 0.00552. The molecular formula is C38H38Cl2FN7O4. The Morgan fingerprint density at radius 3 is 2.33 bits per heavy atom. The zero-order valence-corrected chi connectivity index (χ0v) is 30.0. The van der Waals surface area contributed by atoms with Crippen molar-refractivity contribution in [3.05, 3.63) is 87.3 Å². The third-order valence-electron chi connectivity index (χ3n) is 9.75. The van der Waals surface area contributed by atoms with Gasteiger partial charge in [0.15, 0.2) is 0 Å². The first-order valence-electron chi connectivity index (χ1n) is 17.3. The van der Waals surface area contributed by atoms with Crippen LogP contribution in [0.1, 0.15) is 47.2 Å². The van der Waals surface area contributed by atoms with Crippen LogP contribution in [0.5, 0.6) is 5.88 Å². The number of aromatic nitrogens is 2. The van der Waals surface area contributed by atoms with E-state index in [-0.39, 0.29) is 47.8 Å². The Balaban J connectivity index is 1.07. The number of ether oxygens (including phenoxy) is 1. The average molecular weight is 747 g/mol. The van der Waals surface area contributed by atoms with Gasteiger partial charge in [-0.1, -0.05) is 47.5 Å². The summed E-state index contributed by atoms with van der Waals surface area (Å²) in [6.45, 7) is 2.98. The molecule has 4 N–H and O–H groups in total. The van der Waals surface area contributed by atoms with Crippen LogP contribution in [0.3, 0.4) is 0 Å². The predicted molar refractivity (Wildman–Crippen MR) is 197 cm³/mol. The zero-order chi connectivity index (χ0) is 36.4. The molecule has 2 fully saturated rings. The first-order valence-corrected chi connectivity index (χ1v) is 18.1. The van der Waals surface area contributed by atoms with Crippen LogP contribution in [0.4, 0.5) is 4.39 Å². The van der Waals surface area contributed by atoms with E-state index in [1.165, 1.54) is 13.2 Å². The number of rotatable bonds is 13. The van der Waals surface area contributed by atoms with E-state index in [2.05, 4.69) is 31.2 Å². The Hall–Kier alpha value is -4.62. The topological polar surface area (TPSA) is 138 Å². The summed E-state index contributed by atoms with van der Waals surface area (Å²) < 4.78 is 21.0. The molecule has 14 heteroatoms. The monoisotopic (exact) mass is 745 g/mol. The van der Waals surface area contributed by atoms with E-state index in [0.29, 0.717) is 89.3 Å². The first-order chi connectivity index (χ1) is 25.2. The predicted octanol–water partition coefficient (Wildman–Crippen LogP) is 5.12. The second-order valence-electron chi connectivity index (χ2n) is 13.2. The van der Waals surface area contributed by atoms with Gasteiger partial charge in [0, 0.05) is 104 Å². The molecular weight excluding hydrogens is 708 g/mol. The lowest BCUT2D eigenvalue weighted by Crippen LogP contribution is -2.39. The molecule has 0 spiro atoms. The SMILES string of the molecule is COc1nc(-c2cccc(-c3ccnc(-c4ccc5c(c4)CN(CCNC[C@@H]4CCC(=O)N4)C5=O)c3Cl)c2Cl)cc(F)c1CNC[C@@H]1CCC(=O)N1. The number of benzene rings is 2. The highest BCUT2D eigenvalue weighted by Gasteiger charge is 2.28. The van der Waals surface area contributed by atoms with Crippen LogP contribution in [0.2, 0.25) is 10.0 Å². The number of amides is 3. The molecule has 11 nitrogen and oxygen atoms in total. The van der Waals surface area contributed by atoms with Gasteiger partial charge in [-0.25, -0.2) is 9.37 Å². The fraction of sp³-hybridized carbons (Fsp3) is 0.342. The summed E-state index contributed by atoms with van der Waals surface area (Å²) in [5, 5.41) is 13.1. The normalized spacial score (nSPS) is 18.2. The fourth-order valence-corrected chi connectivity index (χ4v) is 7.65. The van der Waals surface area contributed by atoms with E-state index < -0.39 is 5.82 Å². The third-order valence-corrected chi connectivity index (χ3v) is 10.5. The molecule has 7 rings (SSSR count). The molecule has 52 heavy (non-hydrogen) atoms. The van der Waals surface area contributed by atoms with Gasteiger partial charge in [0.2, 0.25) is 17.7 Å². The number of halogens is 3. The van der Waals surface area contributed by atoms with Crippen molar-refractivity contribution < 1.29 is 23.5 Å². The van der Waals surface area contributed by atoms with E-state index in [1.54, 1.807) is 29.3 Å². The Bertz CT molecular complexity index is 2050. The van der Waals surface area contributed by atoms with Crippen molar-refractivity contribution in [1.82, 2.24) is 36.1 Å². The minimum atomic E-state index is -0.500. The molecule has 2 aromatic carbocycles. The van der Waals surface area contributed by atoms with Crippen molar-refractivity contribution in [2.24, 2.45) is 0 Å². The highest BCUT2D eigenvalue weighted by atomic mass is 35.5. The van der Waals surface area contributed by atoms with E-state index >= 15 is 4.39 Å². The van der Waals surface area contributed by atoms with Gasteiger partial charge in [-0.3, -0.25) is 19.4 Å². The Labute approximate surface area is 310 Å². The van der Waals surface area contributed by atoms with Gasteiger partial charge in [-0.15, -0.1) is 0 Å². The number of carbonyl (C=O) groups is 3. The highest BCUT2D eigenvalue weighted by Crippen LogP contribution is 2.42. The summed E-state index contributed by atoms with van der Waals surface area (Å²) in [5.74, 6) is -0.294.